The Morgan fingerprint density at radius 2 is 1.78 bits per heavy atom. The van der Waals surface area contributed by atoms with E-state index in [2.05, 4.69) is 4.99 Å². The maximum atomic E-state index is 13.6. The largest absolute Gasteiger partial charge is 0.481 e. The Balaban J connectivity index is 2.24. The van der Waals surface area contributed by atoms with E-state index < -0.39 is 34.9 Å². The molecule has 3 rings (SSSR count). The fourth-order valence-electron chi connectivity index (χ4n) is 4.87. The van der Waals surface area contributed by atoms with Gasteiger partial charge in [-0.3, -0.25) is 19.0 Å². The van der Waals surface area contributed by atoms with Crippen LogP contribution in [0.3, 0.4) is 0 Å². The van der Waals surface area contributed by atoms with Crippen molar-refractivity contribution in [3.8, 4) is 0 Å². The van der Waals surface area contributed by atoms with E-state index in [4.69, 9.17) is 4.74 Å². The van der Waals surface area contributed by atoms with Gasteiger partial charge < -0.3 is 9.84 Å². The van der Waals surface area contributed by atoms with Crippen molar-refractivity contribution in [2.24, 2.45) is 17.5 Å². The minimum Gasteiger partial charge on any atom is -0.481 e. The summed E-state index contributed by atoms with van der Waals surface area (Å²) in [5.74, 6) is -3.38. The quantitative estimate of drug-likeness (QED) is 0.578. The van der Waals surface area contributed by atoms with Crippen LogP contribution in [-0.2, 0) is 34.7 Å². The number of carboxylic acid groups (broad SMARTS) is 1. The molecule has 1 aliphatic heterocycles. The van der Waals surface area contributed by atoms with E-state index in [9.17, 15) is 27.9 Å². The lowest BCUT2D eigenvalue weighted by Crippen LogP contribution is -2.31. The monoisotopic (exact) mass is 523 g/mol. The predicted molar refractivity (Wildman–Crippen MR) is 132 cm³/mol. The number of carbonyl (C=O) groups excluding carboxylic acids is 1. The van der Waals surface area contributed by atoms with Crippen LogP contribution in [0.25, 0.3) is 0 Å². The summed E-state index contributed by atoms with van der Waals surface area (Å²) < 4.78 is 50.2. The van der Waals surface area contributed by atoms with Crippen molar-refractivity contribution in [3.63, 3.8) is 0 Å². The number of hydrogen-bond acceptors (Lipinski definition) is 3. The lowest BCUT2D eigenvalue weighted by Gasteiger charge is -2.29. The number of alkyl halides is 3. The third-order valence-electron chi connectivity index (χ3n) is 6.66. The second-order valence-electron chi connectivity index (χ2n) is 11.7. The van der Waals surface area contributed by atoms with Crippen molar-refractivity contribution in [3.05, 3.63) is 52.1 Å². The van der Waals surface area contributed by atoms with Gasteiger partial charge in [0.15, 0.2) is 5.49 Å². The molecule has 0 bridgehead atoms. The highest BCUT2D eigenvalue weighted by atomic mass is 19.4. The third-order valence-corrected chi connectivity index (χ3v) is 6.66. The highest BCUT2D eigenvalue weighted by Gasteiger charge is 2.38. The number of carbonyl (C=O) groups is 2. The van der Waals surface area contributed by atoms with Crippen LogP contribution in [0.2, 0.25) is 0 Å². The Morgan fingerprint density at radius 3 is 2.27 bits per heavy atom. The molecule has 1 amide bonds. The number of hydrogen-bond donors (Lipinski definition) is 1. The lowest BCUT2D eigenvalue weighted by molar-refractivity contribution is -0.141. The first kappa shape index (κ1) is 28.7. The molecule has 37 heavy (non-hydrogen) atoms. The molecule has 1 saturated heterocycles. The van der Waals surface area contributed by atoms with Gasteiger partial charge in [0.25, 0.3) is 5.91 Å². The fourth-order valence-corrected chi connectivity index (χ4v) is 4.87. The second-order valence-corrected chi connectivity index (χ2v) is 11.7. The number of ether oxygens (including phenoxy) is 1. The van der Waals surface area contributed by atoms with Crippen LogP contribution in [-0.4, -0.2) is 39.1 Å². The maximum Gasteiger partial charge on any atom is 0.416 e. The molecule has 7 nitrogen and oxygen atoms in total. The van der Waals surface area contributed by atoms with Gasteiger partial charge in [0, 0.05) is 36.4 Å². The van der Waals surface area contributed by atoms with Gasteiger partial charge in [0.05, 0.1) is 24.1 Å². The minimum atomic E-state index is -4.71. The zero-order valence-corrected chi connectivity index (χ0v) is 22.4. The zero-order valence-electron chi connectivity index (χ0n) is 22.4. The van der Waals surface area contributed by atoms with E-state index in [1.807, 2.05) is 32.5 Å². The van der Waals surface area contributed by atoms with Crippen molar-refractivity contribution < 1.29 is 32.6 Å². The van der Waals surface area contributed by atoms with Gasteiger partial charge in [-0.2, -0.15) is 18.2 Å². The molecule has 0 saturated carbocycles. The van der Waals surface area contributed by atoms with E-state index in [0.717, 1.165) is 30.7 Å². The highest BCUT2D eigenvalue weighted by molar-refractivity contribution is 5.98. The summed E-state index contributed by atoms with van der Waals surface area (Å²) in [5.41, 5.74) is -1.43. The van der Waals surface area contributed by atoms with Crippen LogP contribution in [0.5, 0.6) is 0 Å². The van der Waals surface area contributed by atoms with Crippen molar-refractivity contribution in [1.29, 1.82) is 0 Å². The fraction of sp³-hybridized carbons (Fsp3) is 0.593. The molecule has 2 aromatic rings. The highest BCUT2D eigenvalue weighted by Crippen LogP contribution is 2.39. The Labute approximate surface area is 214 Å². The maximum absolute atomic E-state index is 13.6. The summed E-state index contributed by atoms with van der Waals surface area (Å²) >= 11 is 0. The van der Waals surface area contributed by atoms with E-state index in [-0.39, 0.29) is 28.1 Å². The summed E-state index contributed by atoms with van der Waals surface area (Å²) in [6, 6.07) is 4.35. The average molecular weight is 524 g/mol. The topological polar surface area (TPSA) is 85.8 Å². The number of amides is 1. The molecule has 1 aromatic heterocycles. The summed E-state index contributed by atoms with van der Waals surface area (Å²) in [4.78, 5) is 30.0. The molecular formula is C27H36F3N3O4. The number of halogens is 3. The summed E-state index contributed by atoms with van der Waals surface area (Å²) in [6.45, 7) is 12.1. The van der Waals surface area contributed by atoms with Crippen LogP contribution in [0, 0.1) is 5.41 Å². The van der Waals surface area contributed by atoms with Gasteiger partial charge in [-0.05, 0) is 36.0 Å². The lowest BCUT2D eigenvalue weighted by atomic mass is 9.74. The number of rotatable bonds is 5. The van der Waals surface area contributed by atoms with Gasteiger partial charge in [-0.15, -0.1) is 0 Å². The van der Waals surface area contributed by atoms with Crippen LogP contribution in [0.4, 0.5) is 13.2 Å². The summed E-state index contributed by atoms with van der Waals surface area (Å²) in [5, 5.41) is 9.93. The summed E-state index contributed by atoms with van der Waals surface area (Å²) in [6.07, 6.45) is -3.01. The number of nitrogens with zero attached hydrogens (tertiary/aromatic N) is 3. The Kier molecular flexibility index (Phi) is 7.84. The zero-order chi connectivity index (χ0) is 27.9. The Morgan fingerprint density at radius 1 is 1.14 bits per heavy atom. The molecule has 2 atom stereocenters. The molecule has 0 aliphatic carbocycles. The summed E-state index contributed by atoms with van der Waals surface area (Å²) in [7, 11) is 1.84. The molecule has 1 unspecified atom stereocenters. The molecule has 1 aromatic carbocycles. The second kappa shape index (κ2) is 10.1. The predicted octanol–water partition coefficient (Wildman–Crippen LogP) is 5.28. The normalized spacial score (nSPS) is 18.3. The van der Waals surface area contributed by atoms with E-state index in [1.54, 1.807) is 31.5 Å². The Bertz CT molecular complexity index is 1240. The van der Waals surface area contributed by atoms with Crippen molar-refractivity contribution in [1.82, 2.24) is 9.36 Å². The first-order chi connectivity index (χ1) is 16.9. The molecule has 204 valence electrons. The third kappa shape index (κ3) is 6.34. The first-order valence-corrected chi connectivity index (χ1v) is 12.3. The Hall–Kier alpha value is -2.88. The van der Waals surface area contributed by atoms with Crippen LogP contribution in [0.1, 0.15) is 87.5 Å². The molecule has 2 heterocycles. The minimum absolute atomic E-state index is 0.000553. The molecule has 0 spiro atoms. The van der Waals surface area contributed by atoms with Gasteiger partial charge in [0.1, 0.15) is 0 Å². The molecule has 10 heteroatoms. The molecule has 1 aliphatic rings. The van der Waals surface area contributed by atoms with Gasteiger partial charge >= 0.3 is 12.1 Å². The van der Waals surface area contributed by atoms with Crippen molar-refractivity contribution in [2.75, 3.05) is 6.61 Å². The smallest absolute Gasteiger partial charge is 0.416 e. The van der Waals surface area contributed by atoms with E-state index in [0.29, 0.717) is 19.2 Å². The molecular weight excluding hydrogens is 487 g/mol. The van der Waals surface area contributed by atoms with Crippen LogP contribution >= 0.6 is 0 Å². The van der Waals surface area contributed by atoms with Crippen molar-refractivity contribution >= 4 is 11.9 Å². The number of benzene rings is 1. The number of carboxylic acids is 1. The first-order valence-electron chi connectivity index (χ1n) is 12.3. The van der Waals surface area contributed by atoms with Gasteiger partial charge in [-0.25, -0.2) is 0 Å². The average Bonchev–Trinajstić information content (AvgIpc) is 3.35. The molecule has 0 radical (unpaired) electrons. The number of aromatic nitrogens is 2. The van der Waals surface area contributed by atoms with Crippen LogP contribution < -0.4 is 5.49 Å². The SMILES string of the molecule is Cn1c(C(C)(C)C)c/c(=N\C(=O)c2cc(C(F)(F)F)ccc2C(C(=O)O)C(C)(C)C)n1C[C@H]1CCCO1. The molecule has 1 N–H and O–H groups in total. The van der Waals surface area contributed by atoms with Gasteiger partial charge in [-0.1, -0.05) is 47.6 Å². The van der Waals surface area contributed by atoms with Crippen molar-refractivity contribution in [2.45, 2.75) is 84.5 Å². The van der Waals surface area contributed by atoms with E-state index >= 15 is 0 Å². The standard InChI is InChI=1S/C27H36F3N3O4/c1-25(2,3)20-14-21(33(32(20)7)15-17-9-8-12-37-17)31-23(34)19-13-16(27(28,29)30)10-11-18(19)22(24(35)36)26(4,5)6/h10-11,13-14,17,22H,8-9,12,15H2,1-7H3,(H,35,36)/b31-21+/t17-,22?/m1/s1. The molecule has 1 fully saturated rings. The van der Waals surface area contributed by atoms with E-state index in [1.165, 1.54) is 0 Å². The number of aliphatic carboxylic acids is 1. The van der Waals surface area contributed by atoms with Gasteiger partial charge in [0.2, 0.25) is 0 Å². The van der Waals surface area contributed by atoms with Crippen LogP contribution in [0.15, 0.2) is 29.3 Å².